The van der Waals surface area contributed by atoms with Crippen LogP contribution in [0.1, 0.15) is 24.7 Å². The van der Waals surface area contributed by atoms with E-state index in [4.69, 9.17) is 4.98 Å². The molecule has 3 aromatic carbocycles. The SMILES string of the molecule is CCc1nc2cccc3c2n1-c1ccc(C2=CC4=CC=CC5=CC=C6CC=CC2=C6C54)cc1N3c1ccccc1. The minimum Gasteiger partial charge on any atom is -0.306 e. The van der Waals surface area contributed by atoms with Gasteiger partial charge in [-0.05, 0) is 87.9 Å². The highest BCUT2D eigenvalue weighted by molar-refractivity contribution is 6.02. The Morgan fingerprint density at radius 2 is 1.77 bits per heavy atom. The van der Waals surface area contributed by atoms with Gasteiger partial charge in [0, 0.05) is 18.0 Å². The Bertz CT molecular complexity index is 2000. The van der Waals surface area contributed by atoms with Crippen molar-refractivity contribution in [2.75, 3.05) is 4.90 Å². The zero-order valence-electron chi connectivity index (χ0n) is 22.3. The molecule has 3 nitrogen and oxygen atoms in total. The smallest absolute Gasteiger partial charge is 0.114 e. The summed E-state index contributed by atoms with van der Waals surface area (Å²) < 4.78 is 2.38. The number of fused-ring (bicyclic) bond motifs is 2. The van der Waals surface area contributed by atoms with Crippen molar-refractivity contribution >= 4 is 33.7 Å². The molecule has 0 saturated heterocycles. The molecule has 1 aromatic heterocycles. The average Bonchev–Trinajstić information content (AvgIpc) is 3.40. The summed E-state index contributed by atoms with van der Waals surface area (Å²) in [5, 5.41) is 0. The molecule has 40 heavy (non-hydrogen) atoms. The maximum atomic E-state index is 5.05. The van der Waals surface area contributed by atoms with Gasteiger partial charge >= 0.3 is 0 Å². The molecule has 5 aliphatic rings. The van der Waals surface area contributed by atoms with Crippen LogP contribution in [0.25, 0.3) is 22.3 Å². The van der Waals surface area contributed by atoms with E-state index < -0.39 is 0 Å². The lowest BCUT2D eigenvalue weighted by Crippen LogP contribution is -2.22. The van der Waals surface area contributed by atoms with Crippen LogP contribution in [0.2, 0.25) is 0 Å². The summed E-state index contributed by atoms with van der Waals surface area (Å²) in [6, 6.07) is 24.2. The van der Waals surface area contributed by atoms with Crippen LogP contribution < -0.4 is 4.90 Å². The van der Waals surface area contributed by atoms with Crippen LogP contribution in [0.15, 0.2) is 143 Å². The zero-order chi connectivity index (χ0) is 26.4. The molecule has 1 aliphatic heterocycles. The second-order valence-corrected chi connectivity index (χ2v) is 11.0. The van der Waals surface area contributed by atoms with Gasteiger partial charge in [0.2, 0.25) is 0 Å². The second-order valence-electron chi connectivity index (χ2n) is 11.0. The third-order valence-corrected chi connectivity index (χ3v) is 8.93. The lowest BCUT2D eigenvalue weighted by molar-refractivity contribution is 0.834. The van der Waals surface area contributed by atoms with Crippen molar-refractivity contribution in [3.05, 3.63) is 155 Å². The molecule has 0 amide bonds. The quantitative estimate of drug-likeness (QED) is 0.240. The molecule has 0 fully saturated rings. The fourth-order valence-corrected chi connectivity index (χ4v) is 7.24. The zero-order valence-corrected chi connectivity index (χ0v) is 22.3. The van der Waals surface area contributed by atoms with E-state index in [1.165, 1.54) is 61.6 Å². The summed E-state index contributed by atoms with van der Waals surface area (Å²) in [5.41, 5.74) is 16.5. The Kier molecular flexibility index (Phi) is 4.43. The predicted molar refractivity (Wildman–Crippen MR) is 164 cm³/mol. The molecule has 190 valence electrons. The Morgan fingerprint density at radius 1 is 0.850 bits per heavy atom. The number of aryl methyl sites for hydroxylation is 1. The van der Waals surface area contributed by atoms with E-state index in [9.17, 15) is 0 Å². The first-order valence-electron chi connectivity index (χ1n) is 14.2. The molecule has 3 heteroatoms. The van der Waals surface area contributed by atoms with Crippen LogP contribution in [0.3, 0.4) is 0 Å². The largest absolute Gasteiger partial charge is 0.306 e. The third kappa shape index (κ3) is 2.87. The maximum Gasteiger partial charge on any atom is 0.114 e. The molecule has 4 aliphatic carbocycles. The van der Waals surface area contributed by atoms with Crippen molar-refractivity contribution in [3.8, 4) is 5.69 Å². The van der Waals surface area contributed by atoms with Crippen LogP contribution in [-0.4, -0.2) is 9.55 Å². The molecule has 1 atom stereocenters. The summed E-state index contributed by atoms with van der Waals surface area (Å²) in [4.78, 5) is 7.46. The number of imidazole rings is 1. The van der Waals surface area contributed by atoms with Crippen LogP contribution in [-0.2, 0) is 6.42 Å². The monoisotopic (exact) mass is 513 g/mol. The standard InChI is InChI=1S/C37H27N3/c1-2-34-38-30-15-8-16-32-37(30)40(34)31-20-19-25(22-33(31)39(32)27-12-4-3-5-13-27)29-21-26-11-6-9-23-17-18-24-10-7-14-28(29)36(24)35(23)26/h3-9,11-22,35H,2,10H2,1H3. The lowest BCUT2D eigenvalue weighted by Gasteiger charge is -2.38. The van der Waals surface area contributed by atoms with E-state index in [2.05, 4.69) is 132 Å². The first kappa shape index (κ1) is 22.0. The van der Waals surface area contributed by atoms with Gasteiger partial charge in [-0.25, -0.2) is 4.98 Å². The highest BCUT2D eigenvalue weighted by Crippen LogP contribution is 2.52. The van der Waals surface area contributed by atoms with Gasteiger partial charge in [0.15, 0.2) is 0 Å². The number of allylic oxidation sites excluding steroid dienone is 14. The van der Waals surface area contributed by atoms with Crippen molar-refractivity contribution in [2.45, 2.75) is 19.8 Å². The molecule has 1 unspecified atom stereocenters. The molecular weight excluding hydrogens is 486 g/mol. The van der Waals surface area contributed by atoms with E-state index in [-0.39, 0.29) is 0 Å². The number of rotatable bonds is 3. The molecule has 2 heterocycles. The highest BCUT2D eigenvalue weighted by Gasteiger charge is 2.35. The first-order valence-corrected chi connectivity index (χ1v) is 14.2. The van der Waals surface area contributed by atoms with Crippen LogP contribution in [0, 0.1) is 5.92 Å². The number of anilines is 3. The number of para-hydroxylation sites is 2. The molecule has 0 spiro atoms. The number of aromatic nitrogens is 2. The maximum absolute atomic E-state index is 5.05. The summed E-state index contributed by atoms with van der Waals surface area (Å²) in [5.74, 6) is 1.45. The van der Waals surface area contributed by atoms with Gasteiger partial charge in [-0.1, -0.05) is 79.8 Å². The summed E-state index contributed by atoms with van der Waals surface area (Å²) >= 11 is 0. The first-order chi connectivity index (χ1) is 19.8. The third-order valence-electron chi connectivity index (χ3n) is 8.93. The summed E-state index contributed by atoms with van der Waals surface area (Å²) in [6.45, 7) is 2.19. The summed E-state index contributed by atoms with van der Waals surface area (Å²) in [6.07, 6.45) is 20.4. The van der Waals surface area contributed by atoms with Crippen LogP contribution >= 0.6 is 0 Å². The number of benzene rings is 3. The van der Waals surface area contributed by atoms with Crippen molar-refractivity contribution in [1.29, 1.82) is 0 Å². The van der Waals surface area contributed by atoms with Gasteiger partial charge in [0.05, 0.1) is 28.1 Å². The van der Waals surface area contributed by atoms with Crippen LogP contribution in [0.4, 0.5) is 17.1 Å². The predicted octanol–water partition coefficient (Wildman–Crippen LogP) is 9.00. The fraction of sp³-hybridized carbons (Fsp3) is 0.108. The Hall–Kier alpha value is -4.89. The number of hydrogen-bond acceptors (Lipinski definition) is 2. The molecule has 0 bridgehead atoms. The van der Waals surface area contributed by atoms with E-state index >= 15 is 0 Å². The van der Waals surface area contributed by atoms with Gasteiger partial charge in [-0.2, -0.15) is 0 Å². The Morgan fingerprint density at radius 3 is 2.67 bits per heavy atom. The molecule has 4 aromatic rings. The van der Waals surface area contributed by atoms with E-state index in [0.717, 1.165) is 29.9 Å². The fourth-order valence-electron chi connectivity index (χ4n) is 7.24. The van der Waals surface area contributed by atoms with Crippen molar-refractivity contribution < 1.29 is 0 Å². The normalized spacial score (nSPS) is 19.6. The molecule has 9 rings (SSSR count). The molecular formula is C37H27N3. The van der Waals surface area contributed by atoms with Gasteiger partial charge < -0.3 is 4.90 Å². The second kappa shape index (κ2) is 8.06. The highest BCUT2D eigenvalue weighted by atomic mass is 15.2. The lowest BCUT2D eigenvalue weighted by atomic mass is 9.66. The van der Waals surface area contributed by atoms with Gasteiger partial charge in [-0.15, -0.1) is 0 Å². The average molecular weight is 514 g/mol. The number of hydrogen-bond donors (Lipinski definition) is 0. The van der Waals surface area contributed by atoms with E-state index in [0.29, 0.717) is 5.92 Å². The Balaban J connectivity index is 1.31. The van der Waals surface area contributed by atoms with Crippen LogP contribution in [0.5, 0.6) is 0 Å². The summed E-state index contributed by atoms with van der Waals surface area (Å²) in [7, 11) is 0. The van der Waals surface area contributed by atoms with Gasteiger partial charge in [-0.3, -0.25) is 4.57 Å². The van der Waals surface area contributed by atoms with Crippen molar-refractivity contribution in [2.24, 2.45) is 5.92 Å². The molecule has 0 N–H and O–H groups in total. The van der Waals surface area contributed by atoms with Crippen molar-refractivity contribution in [1.82, 2.24) is 9.55 Å². The molecule has 0 saturated carbocycles. The van der Waals surface area contributed by atoms with Gasteiger partial charge in [0.1, 0.15) is 5.82 Å². The van der Waals surface area contributed by atoms with E-state index in [1.54, 1.807) is 0 Å². The topological polar surface area (TPSA) is 21.1 Å². The van der Waals surface area contributed by atoms with Gasteiger partial charge in [0.25, 0.3) is 0 Å². The van der Waals surface area contributed by atoms with E-state index in [1.807, 2.05) is 0 Å². The van der Waals surface area contributed by atoms with Crippen molar-refractivity contribution in [3.63, 3.8) is 0 Å². The minimum atomic E-state index is 0.352. The number of nitrogens with zero attached hydrogens (tertiary/aromatic N) is 3. The minimum absolute atomic E-state index is 0.352. The Labute approximate surface area is 233 Å². The molecule has 0 radical (unpaired) electrons.